The molecule has 0 aliphatic heterocycles. The molecule has 0 unspecified atom stereocenters. The minimum atomic E-state index is -0.839. The van der Waals surface area contributed by atoms with Crippen LogP contribution in [0.2, 0.25) is 0 Å². The van der Waals surface area contributed by atoms with Gasteiger partial charge < -0.3 is 0 Å². The lowest BCUT2D eigenvalue weighted by Gasteiger charge is -2.11. The van der Waals surface area contributed by atoms with E-state index in [1.807, 2.05) is 18.2 Å². The van der Waals surface area contributed by atoms with E-state index in [0.717, 1.165) is 0 Å². The second kappa shape index (κ2) is 11.3. The number of azo groups is 1. The zero-order valence-electron chi connectivity index (χ0n) is 14.6. The molecule has 23 heavy (non-hydrogen) atoms. The third kappa shape index (κ3) is 12.0. The first-order valence-corrected chi connectivity index (χ1v) is 7.15. The summed E-state index contributed by atoms with van der Waals surface area (Å²) in [4.78, 5) is 0. The van der Waals surface area contributed by atoms with E-state index in [9.17, 15) is 0 Å². The molecule has 0 radical (unpaired) electrons. The summed E-state index contributed by atoms with van der Waals surface area (Å²) in [7, 11) is 0. The lowest BCUT2D eigenvalue weighted by molar-refractivity contribution is -0.176. The van der Waals surface area contributed by atoms with E-state index in [1.165, 1.54) is 5.56 Å². The van der Waals surface area contributed by atoms with E-state index >= 15 is 0 Å². The molecule has 0 saturated carbocycles. The van der Waals surface area contributed by atoms with Crippen LogP contribution in [0.5, 0.6) is 0 Å². The van der Waals surface area contributed by atoms with Gasteiger partial charge in [0, 0.05) is 0 Å². The van der Waals surface area contributed by atoms with Gasteiger partial charge in [0.05, 0.1) is 12.1 Å². The van der Waals surface area contributed by atoms with Crippen molar-refractivity contribution in [2.75, 3.05) is 0 Å². The van der Waals surface area contributed by atoms with Gasteiger partial charge in [-0.25, -0.2) is 0 Å². The highest BCUT2D eigenvalue weighted by molar-refractivity contribution is 5.17. The van der Waals surface area contributed by atoms with E-state index < -0.39 is 11.1 Å². The molecule has 0 heterocycles. The highest BCUT2D eigenvalue weighted by atomic mass is 17.0. The zero-order chi connectivity index (χ0) is 18.5. The van der Waals surface area contributed by atoms with Crippen molar-refractivity contribution in [3.8, 4) is 12.1 Å². The summed E-state index contributed by atoms with van der Waals surface area (Å²) in [5, 5.41) is 36.7. The van der Waals surface area contributed by atoms with Crippen LogP contribution in [-0.2, 0) is 0 Å². The molecule has 1 rings (SSSR count). The van der Waals surface area contributed by atoms with Gasteiger partial charge in [-0.3, -0.25) is 10.5 Å². The van der Waals surface area contributed by atoms with Crippen LogP contribution in [-0.4, -0.2) is 21.6 Å². The molecule has 6 heteroatoms. The van der Waals surface area contributed by atoms with Gasteiger partial charge >= 0.3 is 0 Å². The van der Waals surface area contributed by atoms with Gasteiger partial charge in [-0.15, -0.1) is 0 Å². The van der Waals surface area contributed by atoms with E-state index in [-0.39, 0.29) is 0 Å². The lowest BCUT2D eigenvalue weighted by Crippen LogP contribution is -2.17. The number of hydrogen-bond acceptors (Lipinski definition) is 6. The summed E-state index contributed by atoms with van der Waals surface area (Å²) >= 11 is 0. The molecule has 0 atom stereocenters. The Bertz CT molecular complexity index is 510. The topological polar surface area (TPSA) is 113 Å². The molecule has 0 spiro atoms. The monoisotopic (exact) mass is 318 g/mol. The van der Waals surface area contributed by atoms with Crippen LogP contribution >= 0.6 is 0 Å². The van der Waals surface area contributed by atoms with Gasteiger partial charge in [0.1, 0.15) is 0 Å². The molecule has 0 saturated heterocycles. The third-order valence-electron chi connectivity index (χ3n) is 2.56. The Balaban J connectivity index is 0. The fourth-order valence-electron chi connectivity index (χ4n) is 1.13. The Morgan fingerprint density at radius 2 is 1.22 bits per heavy atom. The molecule has 126 valence electrons. The summed E-state index contributed by atoms with van der Waals surface area (Å²) in [5.74, 6) is 0.659. The van der Waals surface area contributed by atoms with Gasteiger partial charge in [-0.2, -0.15) is 20.8 Å². The highest BCUT2D eigenvalue weighted by Crippen LogP contribution is 2.13. The average molecular weight is 318 g/mol. The molecule has 0 aliphatic carbocycles. The summed E-state index contributed by atoms with van der Waals surface area (Å²) in [6.07, 6.45) is 0. The maximum Gasteiger partial charge on any atom is 0.162 e. The van der Waals surface area contributed by atoms with Gasteiger partial charge in [0.25, 0.3) is 0 Å². The quantitative estimate of drug-likeness (QED) is 0.470. The summed E-state index contributed by atoms with van der Waals surface area (Å²) < 4.78 is 0. The second-order valence-electron chi connectivity index (χ2n) is 6.11. The Labute approximate surface area is 138 Å². The molecule has 0 fully saturated rings. The van der Waals surface area contributed by atoms with E-state index in [2.05, 4.69) is 48.3 Å². The standard InChI is InChI=1S/C9H12.C8H12N4.H2O2/c1-8(2)9-6-4-3-5-7-9;1-7(2,5-9)11-12-8(3,4)6-10;1-2/h3-8H,1-2H3;1-4H3;1-2H/b;12-11+;. The Hall–Kier alpha value is -2.28. The maximum absolute atomic E-state index is 8.58. The molecular weight excluding hydrogens is 292 g/mol. The number of benzene rings is 1. The van der Waals surface area contributed by atoms with Crippen LogP contribution in [0, 0.1) is 22.7 Å². The van der Waals surface area contributed by atoms with Crippen molar-refractivity contribution in [3.63, 3.8) is 0 Å². The molecule has 2 N–H and O–H groups in total. The predicted octanol–water partition coefficient (Wildman–Crippen LogP) is 4.87. The number of nitriles is 2. The smallest absolute Gasteiger partial charge is 0.162 e. The van der Waals surface area contributed by atoms with Crippen LogP contribution in [0.15, 0.2) is 40.6 Å². The first-order valence-electron chi connectivity index (χ1n) is 7.15. The summed E-state index contributed by atoms with van der Waals surface area (Å²) in [6, 6.07) is 14.5. The van der Waals surface area contributed by atoms with Crippen molar-refractivity contribution in [1.29, 1.82) is 10.5 Å². The van der Waals surface area contributed by atoms with Crippen molar-refractivity contribution in [1.82, 2.24) is 0 Å². The van der Waals surface area contributed by atoms with Gasteiger partial charge in [-0.1, -0.05) is 44.2 Å². The van der Waals surface area contributed by atoms with Gasteiger partial charge in [0.2, 0.25) is 0 Å². The molecule has 0 amide bonds. The van der Waals surface area contributed by atoms with Crippen molar-refractivity contribution >= 4 is 0 Å². The summed E-state index contributed by atoms with van der Waals surface area (Å²) in [5.41, 5.74) is -0.264. The Morgan fingerprint density at radius 1 is 0.870 bits per heavy atom. The number of rotatable bonds is 3. The third-order valence-corrected chi connectivity index (χ3v) is 2.56. The highest BCUT2D eigenvalue weighted by Gasteiger charge is 2.19. The maximum atomic E-state index is 8.58. The normalized spacial score (nSPS) is 10.7. The van der Waals surface area contributed by atoms with Crippen LogP contribution in [0.4, 0.5) is 0 Å². The van der Waals surface area contributed by atoms with Crippen LogP contribution in [0.3, 0.4) is 0 Å². The number of hydrogen-bond donors (Lipinski definition) is 2. The lowest BCUT2D eigenvalue weighted by atomic mass is 10.0. The van der Waals surface area contributed by atoms with Gasteiger partial charge in [0.15, 0.2) is 11.1 Å². The average Bonchev–Trinajstić information content (AvgIpc) is 2.56. The van der Waals surface area contributed by atoms with E-state index in [4.69, 9.17) is 21.0 Å². The molecule has 0 aliphatic rings. The zero-order valence-corrected chi connectivity index (χ0v) is 14.6. The molecular formula is C17H26N4O2. The fourth-order valence-corrected chi connectivity index (χ4v) is 1.13. The van der Waals surface area contributed by atoms with Crippen LogP contribution < -0.4 is 0 Å². The van der Waals surface area contributed by atoms with Crippen molar-refractivity contribution in [2.24, 2.45) is 10.2 Å². The van der Waals surface area contributed by atoms with Crippen LogP contribution in [0.25, 0.3) is 0 Å². The molecule has 1 aromatic rings. The van der Waals surface area contributed by atoms with Crippen molar-refractivity contribution < 1.29 is 10.5 Å². The van der Waals surface area contributed by atoms with Crippen molar-refractivity contribution in [3.05, 3.63) is 35.9 Å². The first-order chi connectivity index (χ1) is 10.6. The fraction of sp³-hybridized carbons (Fsp3) is 0.529. The SMILES string of the molecule is CC(C)(C#N)/N=N/C(C)(C)C#N.CC(C)c1ccccc1.OO. The predicted molar refractivity (Wildman–Crippen MR) is 90.0 cm³/mol. The molecule has 0 bridgehead atoms. The minimum Gasteiger partial charge on any atom is -0.255 e. The van der Waals surface area contributed by atoms with Crippen LogP contribution in [0.1, 0.15) is 53.0 Å². The second-order valence-corrected chi connectivity index (χ2v) is 6.11. The number of nitrogens with zero attached hydrogens (tertiary/aromatic N) is 4. The van der Waals surface area contributed by atoms with E-state index in [0.29, 0.717) is 5.92 Å². The largest absolute Gasteiger partial charge is 0.255 e. The van der Waals surface area contributed by atoms with Crippen molar-refractivity contribution in [2.45, 2.75) is 58.5 Å². The minimum absolute atomic E-state index is 0.659. The molecule has 6 nitrogen and oxygen atoms in total. The molecule has 0 aromatic heterocycles. The Morgan fingerprint density at radius 3 is 1.43 bits per heavy atom. The van der Waals surface area contributed by atoms with Gasteiger partial charge in [-0.05, 0) is 39.2 Å². The first kappa shape index (κ1) is 23.0. The molecule has 1 aromatic carbocycles. The summed E-state index contributed by atoms with van der Waals surface area (Å²) in [6.45, 7) is 11.0. The van der Waals surface area contributed by atoms with E-state index in [1.54, 1.807) is 27.7 Å². The Kier molecular flexibility index (Phi) is 11.3.